The first-order valence-electron chi connectivity index (χ1n) is 5.01. The van der Waals surface area contributed by atoms with Crippen LogP contribution in [0.2, 0.25) is 5.02 Å². The molecule has 1 amide bonds. The van der Waals surface area contributed by atoms with Crippen LogP contribution in [-0.2, 0) is 0 Å². The maximum atomic E-state index is 12.0. The van der Waals surface area contributed by atoms with Crippen LogP contribution in [0.25, 0.3) is 0 Å². The van der Waals surface area contributed by atoms with Gasteiger partial charge in [-0.25, -0.2) is 0 Å². The monoisotopic (exact) mass is 297 g/mol. The Bertz CT molecular complexity index is 450. The Morgan fingerprint density at radius 1 is 1.44 bits per heavy atom. The van der Waals surface area contributed by atoms with Crippen LogP contribution in [0.5, 0.6) is 0 Å². The Balaban J connectivity index is 2.77. The fourth-order valence-electron chi connectivity index (χ4n) is 1.28. The van der Waals surface area contributed by atoms with Crippen molar-refractivity contribution in [2.45, 2.75) is 17.5 Å². The molecule has 0 atom stereocenters. The molecular formula is C11H11ClF3NOS. The molecule has 100 valence electrons. The molecule has 0 fully saturated rings. The molecule has 0 aliphatic carbocycles. The van der Waals surface area contributed by atoms with Crippen molar-refractivity contribution in [3.05, 3.63) is 28.8 Å². The van der Waals surface area contributed by atoms with E-state index in [0.29, 0.717) is 4.90 Å². The van der Waals surface area contributed by atoms with Gasteiger partial charge in [0.1, 0.15) is 0 Å². The normalized spacial score (nSPS) is 11.4. The van der Waals surface area contributed by atoms with Crippen molar-refractivity contribution in [1.29, 1.82) is 0 Å². The molecule has 18 heavy (non-hydrogen) atoms. The highest BCUT2D eigenvalue weighted by Crippen LogP contribution is 2.23. The number of thiol groups is 1. The quantitative estimate of drug-likeness (QED) is 0.844. The summed E-state index contributed by atoms with van der Waals surface area (Å²) in [6.45, 7) is -0.407. The summed E-state index contributed by atoms with van der Waals surface area (Å²) in [6.07, 6.45) is -5.34. The number of halogens is 4. The summed E-state index contributed by atoms with van der Waals surface area (Å²) in [5.74, 6) is -0.555. The molecule has 0 bridgehead atoms. The molecule has 0 saturated heterocycles. The number of benzene rings is 1. The van der Waals surface area contributed by atoms with Gasteiger partial charge in [-0.15, -0.1) is 12.6 Å². The van der Waals surface area contributed by atoms with Gasteiger partial charge in [0, 0.05) is 18.5 Å². The Morgan fingerprint density at radius 2 is 2.06 bits per heavy atom. The highest BCUT2D eigenvalue weighted by atomic mass is 35.5. The zero-order chi connectivity index (χ0) is 13.9. The number of hydrogen-bond donors (Lipinski definition) is 1. The molecule has 1 aromatic rings. The Hall–Kier alpha value is -0.880. The van der Waals surface area contributed by atoms with E-state index in [1.807, 2.05) is 0 Å². The zero-order valence-corrected chi connectivity index (χ0v) is 11.1. The van der Waals surface area contributed by atoms with E-state index in [1.165, 1.54) is 19.2 Å². The molecule has 0 unspecified atom stereocenters. The number of amides is 1. The minimum absolute atomic E-state index is 0.147. The summed E-state index contributed by atoms with van der Waals surface area (Å²) in [7, 11) is 1.30. The first-order valence-corrected chi connectivity index (χ1v) is 5.84. The van der Waals surface area contributed by atoms with E-state index in [4.69, 9.17) is 11.6 Å². The van der Waals surface area contributed by atoms with Crippen LogP contribution >= 0.6 is 24.2 Å². The van der Waals surface area contributed by atoms with Crippen molar-refractivity contribution in [2.24, 2.45) is 0 Å². The SMILES string of the molecule is CN(CCC(F)(F)F)C(=O)c1cc(S)ccc1Cl. The summed E-state index contributed by atoms with van der Waals surface area (Å²) >= 11 is 9.87. The van der Waals surface area contributed by atoms with Gasteiger partial charge >= 0.3 is 6.18 Å². The van der Waals surface area contributed by atoms with Crippen molar-refractivity contribution >= 4 is 30.1 Å². The predicted molar refractivity (Wildman–Crippen MR) is 66.3 cm³/mol. The van der Waals surface area contributed by atoms with Gasteiger partial charge in [0.2, 0.25) is 0 Å². The molecular weight excluding hydrogens is 287 g/mol. The fourth-order valence-corrected chi connectivity index (χ4v) is 1.68. The van der Waals surface area contributed by atoms with Crippen molar-refractivity contribution in [2.75, 3.05) is 13.6 Å². The standard InChI is InChI=1S/C11H11ClF3NOS/c1-16(5-4-11(13,14)15)10(17)8-6-7(18)2-3-9(8)12/h2-3,6,18H,4-5H2,1H3. The minimum atomic E-state index is -4.29. The molecule has 0 saturated carbocycles. The number of rotatable bonds is 3. The van der Waals surface area contributed by atoms with Gasteiger partial charge in [-0.1, -0.05) is 11.6 Å². The number of carbonyl (C=O) groups is 1. The van der Waals surface area contributed by atoms with E-state index in [9.17, 15) is 18.0 Å². The fraction of sp³-hybridized carbons (Fsp3) is 0.364. The lowest BCUT2D eigenvalue weighted by atomic mass is 10.2. The molecule has 2 nitrogen and oxygen atoms in total. The first kappa shape index (κ1) is 15.2. The van der Waals surface area contributed by atoms with Crippen LogP contribution in [0.1, 0.15) is 16.8 Å². The molecule has 0 aliphatic heterocycles. The second-order valence-electron chi connectivity index (χ2n) is 3.76. The van der Waals surface area contributed by atoms with Gasteiger partial charge < -0.3 is 4.90 Å². The highest BCUT2D eigenvalue weighted by Gasteiger charge is 2.28. The van der Waals surface area contributed by atoms with Crippen molar-refractivity contribution in [1.82, 2.24) is 4.90 Å². The largest absolute Gasteiger partial charge is 0.390 e. The van der Waals surface area contributed by atoms with Crippen LogP contribution in [-0.4, -0.2) is 30.6 Å². The molecule has 1 aromatic carbocycles. The van der Waals surface area contributed by atoms with Crippen molar-refractivity contribution in [3.8, 4) is 0 Å². The average Bonchev–Trinajstić information content (AvgIpc) is 2.27. The molecule has 0 aromatic heterocycles. The Kier molecular flexibility index (Phi) is 4.92. The second kappa shape index (κ2) is 5.84. The van der Waals surface area contributed by atoms with Gasteiger partial charge in [0.25, 0.3) is 5.91 Å². The lowest BCUT2D eigenvalue weighted by molar-refractivity contribution is -0.136. The van der Waals surface area contributed by atoms with Crippen molar-refractivity contribution in [3.63, 3.8) is 0 Å². The predicted octanol–water partition coefficient (Wildman–Crippen LogP) is 3.65. The van der Waals surface area contributed by atoms with E-state index < -0.39 is 25.0 Å². The topological polar surface area (TPSA) is 20.3 Å². The van der Waals surface area contributed by atoms with Crippen LogP contribution in [0.15, 0.2) is 23.1 Å². The minimum Gasteiger partial charge on any atom is -0.341 e. The number of nitrogens with zero attached hydrogens (tertiary/aromatic N) is 1. The molecule has 1 rings (SSSR count). The van der Waals surface area contributed by atoms with Crippen LogP contribution < -0.4 is 0 Å². The molecule has 0 aliphatic rings. The van der Waals surface area contributed by atoms with Crippen LogP contribution in [0, 0.1) is 0 Å². The Morgan fingerprint density at radius 3 is 2.61 bits per heavy atom. The van der Waals surface area contributed by atoms with E-state index in [-0.39, 0.29) is 10.6 Å². The molecule has 0 radical (unpaired) electrons. The third-order valence-electron chi connectivity index (χ3n) is 2.26. The average molecular weight is 298 g/mol. The van der Waals surface area contributed by atoms with Gasteiger partial charge in [0.15, 0.2) is 0 Å². The van der Waals surface area contributed by atoms with Crippen LogP contribution in [0.4, 0.5) is 13.2 Å². The van der Waals surface area contributed by atoms with E-state index in [0.717, 1.165) is 4.90 Å². The van der Waals surface area contributed by atoms with Crippen molar-refractivity contribution < 1.29 is 18.0 Å². The molecule has 7 heteroatoms. The molecule has 0 N–H and O–H groups in total. The lowest BCUT2D eigenvalue weighted by Crippen LogP contribution is -2.30. The maximum Gasteiger partial charge on any atom is 0.390 e. The highest BCUT2D eigenvalue weighted by molar-refractivity contribution is 7.80. The van der Waals surface area contributed by atoms with Gasteiger partial charge in [-0.3, -0.25) is 4.79 Å². The van der Waals surface area contributed by atoms with Gasteiger partial charge in [-0.2, -0.15) is 13.2 Å². The Labute approximate surface area is 113 Å². The van der Waals surface area contributed by atoms with Gasteiger partial charge in [-0.05, 0) is 18.2 Å². The summed E-state index contributed by atoms with van der Waals surface area (Å²) < 4.78 is 36.1. The number of hydrogen-bond acceptors (Lipinski definition) is 2. The van der Waals surface area contributed by atoms with E-state index >= 15 is 0 Å². The number of alkyl halides is 3. The summed E-state index contributed by atoms with van der Waals surface area (Å²) in [5, 5.41) is 0.191. The van der Waals surface area contributed by atoms with E-state index in [1.54, 1.807) is 6.07 Å². The second-order valence-corrected chi connectivity index (χ2v) is 4.68. The third-order valence-corrected chi connectivity index (χ3v) is 2.87. The van der Waals surface area contributed by atoms with E-state index in [2.05, 4.69) is 12.6 Å². The summed E-state index contributed by atoms with van der Waals surface area (Å²) in [5.41, 5.74) is 0.147. The zero-order valence-electron chi connectivity index (χ0n) is 9.46. The summed E-state index contributed by atoms with van der Waals surface area (Å²) in [4.78, 5) is 13.4. The first-order chi connectivity index (χ1) is 8.20. The third kappa shape index (κ3) is 4.42. The lowest BCUT2D eigenvalue weighted by Gasteiger charge is -2.19. The maximum absolute atomic E-state index is 12.0. The molecule has 0 heterocycles. The van der Waals surface area contributed by atoms with Gasteiger partial charge in [0.05, 0.1) is 17.0 Å². The molecule has 0 spiro atoms. The smallest absolute Gasteiger partial charge is 0.341 e. The number of carbonyl (C=O) groups excluding carboxylic acids is 1. The summed E-state index contributed by atoms with van der Waals surface area (Å²) in [6, 6.07) is 4.50. The van der Waals surface area contributed by atoms with Crippen LogP contribution in [0.3, 0.4) is 0 Å².